The highest BCUT2D eigenvalue weighted by molar-refractivity contribution is 7.89. The van der Waals surface area contributed by atoms with Crippen molar-refractivity contribution in [3.05, 3.63) is 41.4 Å². The molecule has 2 N–H and O–H groups in total. The zero-order valence-corrected chi connectivity index (χ0v) is 13.0. The van der Waals surface area contributed by atoms with Crippen molar-refractivity contribution in [2.24, 2.45) is 5.14 Å². The number of methoxy groups -OCH3 is 1. The summed E-state index contributed by atoms with van der Waals surface area (Å²) in [6.07, 6.45) is 0. The summed E-state index contributed by atoms with van der Waals surface area (Å²) in [6.45, 7) is 0. The molecule has 0 amide bonds. The molecule has 0 saturated carbocycles. The van der Waals surface area contributed by atoms with Gasteiger partial charge in [-0.1, -0.05) is 28.9 Å². The number of fused-ring (bicyclic) bond motifs is 1. The molecule has 0 atom stereocenters. The van der Waals surface area contributed by atoms with E-state index >= 15 is 0 Å². The standard InChI is InChI=1S/C14H11ClN2O4S/c1-20-14-8(4-2-7-11(14)22(16,18)19)13-12-9(15)5-3-6-10(12)21-17-13/h2-7H,1H3,(H2,16,18,19). The lowest BCUT2D eigenvalue weighted by atomic mass is 10.1. The summed E-state index contributed by atoms with van der Waals surface area (Å²) in [4.78, 5) is -0.129. The number of sulfonamides is 1. The van der Waals surface area contributed by atoms with Crippen molar-refractivity contribution in [3.63, 3.8) is 0 Å². The number of aromatic nitrogens is 1. The fraction of sp³-hybridized carbons (Fsp3) is 0.0714. The maximum Gasteiger partial charge on any atom is 0.241 e. The fourth-order valence-corrected chi connectivity index (χ4v) is 3.25. The molecule has 3 rings (SSSR count). The normalized spacial score (nSPS) is 11.8. The number of rotatable bonds is 3. The zero-order valence-electron chi connectivity index (χ0n) is 11.4. The van der Waals surface area contributed by atoms with Gasteiger partial charge in [0.1, 0.15) is 16.3 Å². The van der Waals surface area contributed by atoms with E-state index < -0.39 is 10.0 Å². The molecule has 6 nitrogen and oxygen atoms in total. The highest BCUT2D eigenvalue weighted by Gasteiger charge is 2.23. The van der Waals surface area contributed by atoms with Crippen LogP contribution < -0.4 is 9.88 Å². The van der Waals surface area contributed by atoms with Crippen LogP contribution in [0.1, 0.15) is 0 Å². The van der Waals surface area contributed by atoms with E-state index in [1.165, 1.54) is 13.2 Å². The molecule has 0 radical (unpaired) electrons. The van der Waals surface area contributed by atoms with Crippen molar-refractivity contribution in [1.29, 1.82) is 0 Å². The lowest BCUT2D eigenvalue weighted by Crippen LogP contribution is -2.13. The third-order valence-electron chi connectivity index (χ3n) is 3.19. The Morgan fingerprint density at radius 1 is 1.23 bits per heavy atom. The van der Waals surface area contributed by atoms with Crippen LogP contribution in [-0.2, 0) is 10.0 Å². The maximum atomic E-state index is 11.7. The van der Waals surface area contributed by atoms with Gasteiger partial charge in [-0.25, -0.2) is 13.6 Å². The van der Waals surface area contributed by atoms with Crippen LogP contribution in [0.4, 0.5) is 0 Å². The van der Waals surface area contributed by atoms with Gasteiger partial charge in [0, 0.05) is 5.56 Å². The molecule has 114 valence electrons. The van der Waals surface area contributed by atoms with Crippen LogP contribution in [0.5, 0.6) is 5.75 Å². The third-order valence-corrected chi connectivity index (χ3v) is 4.44. The van der Waals surface area contributed by atoms with E-state index in [0.29, 0.717) is 27.2 Å². The molecular weight excluding hydrogens is 328 g/mol. The first kappa shape index (κ1) is 14.8. The van der Waals surface area contributed by atoms with Crippen LogP contribution >= 0.6 is 11.6 Å². The maximum absolute atomic E-state index is 11.7. The predicted molar refractivity (Wildman–Crippen MR) is 82.4 cm³/mol. The van der Waals surface area contributed by atoms with Crippen LogP contribution in [0.25, 0.3) is 22.2 Å². The number of benzene rings is 2. The Balaban J connectivity index is 2.37. The number of ether oxygens (including phenoxy) is 1. The number of para-hydroxylation sites is 1. The summed E-state index contributed by atoms with van der Waals surface area (Å²) in [5.74, 6) is 0.0973. The monoisotopic (exact) mass is 338 g/mol. The van der Waals surface area contributed by atoms with E-state index in [2.05, 4.69) is 5.16 Å². The molecule has 0 saturated heterocycles. The third kappa shape index (κ3) is 2.33. The van der Waals surface area contributed by atoms with Crippen LogP contribution in [0.2, 0.25) is 5.02 Å². The van der Waals surface area contributed by atoms with Crippen molar-refractivity contribution in [3.8, 4) is 17.0 Å². The molecule has 22 heavy (non-hydrogen) atoms. The molecule has 0 fully saturated rings. The topological polar surface area (TPSA) is 95.4 Å². The zero-order chi connectivity index (χ0) is 15.9. The Morgan fingerprint density at radius 3 is 2.64 bits per heavy atom. The molecule has 0 spiro atoms. The fourth-order valence-electron chi connectivity index (χ4n) is 2.27. The number of halogens is 1. The number of primary sulfonamides is 1. The van der Waals surface area contributed by atoms with Crippen molar-refractivity contribution in [1.82, 2.24) is 5.16 Å². The van der Waals surface area contributed by atoms with E-state index in [1.54, 1.807) is 30.3 Å². The lowest BCUT2D eigenvalue weighted by molar-refractivity contribution is 0.403. The minimum atomic E-state index is -3.94. The van der Waals surface area contributed by atoms with Gasteiger partial charge in [0.25, 0.3) is 0 Å². The number of hydrogen-bond donors (Lipinski definition) is 1. The highest BCUT2D eigenvalue weighted by Crippen LogP contribution is 2.40. The molecule has 1 aromatic heterocycles. The van der Waals surface area contributed by atoms with Gasteiger partial charge in [-0.3, -0.25) is 0 Å². The van der Waals surface area contributed by atoms with Crippen molar-refractivity contribution in [2.45, 2.75) is 4.90 Å². The first-order valence-electron chi connectivity index (χ1n) is 6.17. The Bertz CT molecular complexity index is 966. The van der Waals surface area contributed by atoms with Crippen molar-refractivity contribution in [2.75, 3.05) is 7.11 Å². The summed E-state index contributed by atoms with van der Waals surface area (Å²) < 4.78 is 33.9. The summed E-state index contributed by atoms with van der Waals surface area (Å²) in [5.41, 5.74) is 1.31. The molecule has 3 aromatic rings. The van der Waals surface area contributed by atoms with Crippen LogP contribution in [0.3, 0.4) is 0 Å². The quantitative estimate of drug-likeness (QED) is 0.792. The van der Waals surface area contributed by atoms with E-state index in [9.17, 15) is 8.42 Å². The smallest absolute Gasteiger partial charge is 0.241 e. The first-order chi connectivity index (χ1) is 10.4. The molecule has 0 aliphatic carbocycles. The van der Waals surface area contributed by atoms with E-state index in [1.807, 2.05) is 0 Å². The SMILES string of the molecule is COc1c(-c2noc3cccc(Cl)c23)cccc1S(N)(=O)=O. The summed E-state index contributed by atoms with van der Waals surface area (Å²) in [7, 11) is -2.58. The minimum Gasteiger partial charge on any atom is -0.495 e. The number of hydrogen-bond acceptors (Lipinski definition) is 5. The van der Waals surface area contributed by atoms with E-state index in [-0.39, 0.29) is 10.6 Å². The molecule has 0 unspecified atom stereocenters. The van der Waals surface area contributed by atoms with Gasteiger partial charge >= 0.3 is 0 Å². The Morgan fingerprint density at radius 2 is 1.95 bits per heavy atom. The minimum absolute atomic E-state index is 0.0973. The molecule has 0 aliphatic heterocycles. The summed E-state index contributed by atoms with van der Waals surface area (Å²) in [6, 6.07) is 9.72. The summed E-state index contributed by atoms with van der Waals surface area (Å²) in [5, 5.41) is 10.2. The molecule has 1 heterocycles. The Labute approximate surface area is 131 Å². The Hall–Kier alpha value is -2.09. The second kappa shape index (κ2) is 5.28. The number of nitrogens with zero attached hydrogens (tertiary/aromatic N) is 1. The van der Waals surface area contributed by atoms with Gasteiger partial charge in [-0.2, -0.15) is 0 Å². The average Bonchev–Trinajstić information content (AvgIpc) is 2.90. The van der Waals surface area contributed by atoms with Gasteiger partial charge in [0.15, 0.2) is 5.58 Å². The predicted octanol–water partition coefficient (Wildman–Crippen LogP) is 2.80. The molecule has 0 bridgehead atoms. The number of nitrogens with two attached hydrogens (primary N) is 1. The van der Waals surface area contributed by atoms with Gasteiger partial charge in [0.2, 0.25) is 10.0 Å². The molecular formula is C14H11ClN2O4S. The van der Waals surface area contributed by atoms with Gasteiger partial charge in [-0.05, 0) is 24.3 Å². The van der Waals surface area contributed by atoms with Crippen LogP contribution in [0.15, 0.2) is 45.8 Å². The van der Waals surface area contributed by atoms with Gasteiger partial charge < -0.3 is 9.26 Å². The largest absolute Gasteiger partial charge is 0.495 e. The average molecular weight is 339 g/mol. The molecule has 0 aliphatic rings. The highest BCUT2D eigenvalue weighted by atomic mass is 35.5. The van der Waals surface area contributed by atoms with Crippen LogP contribution in [0, 0.1) is 0 Å². The van der Waals surface area contributed by atoms with Crippen LogP contribution in [-0.4, -0.2) is 20.7 Å². The first-order valence-corrected chi connectivity index (χ1v) is 8.10. The lowest BCUT2D eigenvalue weighted by Gasteiger charge is -2.10. The molecule has 8 heteroatoms. The van der Waals surface area contributed by atoms with Gasteiger partial charge in [-0.15, -0.1) is 0 Å². The molecule has 2 aromatic carbocycles. The van der Waals surface area contributed by atoms with Crippen molar-refractivity contribution >= 4 is 32.6 Å². The van der Waals surface area contributed by atoms with E-state index in [0.717, 1.165) is 0 Å². The second-order valence-electron chi connectivity index (χ2n) is 4.53. The van der Waals surface area contributed by atoms with Crippen molar-refractivity contribution < 1.29 is 17.7 Å². The van der Waals surface area contributed by atoms with Gasteiger partial charge in [0.05, 0.1) is 17.5 Å². The van der Waals surface area contributed by atoms with E-state index in [4.69, 9.17) is 26.0 Å². The Kier molecular flexibility index (Phi) is 3.56. The summed E-state index contributed by atoms with van der Waals surface area (Å²) >= 11 is 6.19. The second-order valence-corrected chi connectivity index (χ2v) is 6.46.